The molecule has 0 saturated heterocycles. The van der Waals surface area contributed by atoms with Crippen LogP contribution in [0.2, 0.25) is 0 Å². The van der Waals surface area contributed by atoms with Gasteiger partial charge in [-0.15, -0.1) is 0 Å². The van der Waals surface area contributed by atoms with E-state index in [-0.39, 0.29) is 23.4 Å². The molecule has 5 heteroatoms. The third-order valence-electron chi connectivity index (χ3n) is 2.39. The summed E-state index contributed by atoms with van der Waals surface area (Å²) in [6, 6.07) is 5.82. The lowest BCUT2D eigenvalue weighted by atomic mass is 10.2. The first-order chi connectivity index (χ1) is 8.61. The van der Waals surface area contributed by atoms with Gasteiger partial charge in [0.25, 0.3) is 0 Å². The van der Waals surface area contributed by atoms with E-state index >= 15 is 0 Å². The number of ether oxygens (including phenoxy) is 1. The van der Waals surface area contributed by atoms with Crippen LogP contribution < -0.4 is 11.2 Å². The molecular formula is C13H13NO4. The van der Waals surface area contributed by atoms with Crippen LogP contribution in [0.5, 0.6) is 0 Å². The fraction of sp³-hybridized carbons (Fsp3) is 0.231. The van der Waals surface area contributed by atoms with Crippen LogP contribution in [-0.4, -0.2) is 12.6 Å². The summed E-state index contributed by atoms with van der Waals surface area (Å²) in [5.74, 6) is -0.746. The lowest BCUT2D eigenvalue weighted by Gasteiger charge is -2.04. The number of carbonyl (C=O) groups is 1. The number of esters is 1. The number of benzene rings is 1. The molecule has 0 unspecified atom stereocenters. The zero-order valence-electron chi connectivity index (χ0n) is 9.93. The SMILES string of the molecule is CCCOC(=O)c1cc(=O)c2ccc(N)cc2o1. The van der Waals surface area contributed by atoms with Gasteiger partial charge < -0.3 is 14.9 Å². The number of hydrogen-bond donors (Lipinski definition) is 1. The number of hydrogen-bond acceptors (Lipinski definition) is 5. The second kappa shape index (κ2) is 4.91. The van der Waals surface area contributed by atoms with Crippen molar-refractivity contribution in [3.05, 3.63) is 40.2 Å². The zero-order chi connectivity index (χ0) is 13.1. The monoisotopic (exact) mass is 247 g/mol. The summed E-state index contributed by atoms with van der Waals surface area (Å²) in [6.45, 7) is 2.17. The van der Waals surface area contributed by atoms with Crippen molar-refractivity contribution in [3.8, 4) is 0 Å². The Labute approximate surface area is 103 Å². The minimum absolute atomic E-state index is 0.105. The molecule has 0 saturated carbocycles. The lowest BCUT2D eigenvalue weighted by molar-refractivity contribution is 0.0469. The number of nitrogens with two attached hydrogens (primary N) is 1. The molecule has 1 aromatic carbocycles. The minimum Gasteiger partial charge on any atom is -0.460 e. The highest BCUT2D eigenvalue weighted by molar-refractivity contribution is 5.89. The summed E-state index contributed by atoms with van der Waals surface area (Å²) in [4.78, 5) is 23.4. The molecule has 2 aromatic rings. The molecule has 0 aliphatic carbocycles. The van der Waals surface area contributed by atoms with E-state index in [2.05, 4.69) is 0 Å². The van der Waals surface area contributed by atoms with Crippen molar-refractivity contribution < 1.29 is 13.9 Å². The maximum atomic E-state index is 11.8. The van der Waals surface area contributed by atoms with Gasteiger partial charge in [0.1, 0.15) is 5.58 Å². The summed E-state index contributed by atoms with van der Waals surface area (Å²) in [5, 5.41) is 0.385. The average molecular weight is 247 g/mol. The standard InChI is InChI=1S/C13H13NO4/c1-2-5-17-13(16)12-7-10(15)9-4-3-8(14)6-11(9)18-12/h3-4,6-7H,2,5,14H2,1H3. The molecule has 0 fully saturated rings. The van der Waals surface area contributed by atoms with Gasteiger partial charge in [-0.05, 0) is 18.6 Å². The number of fused-ring (bicyclic) bond motifs is 1. The van der Waals surface area contributed by atoms with E-state index in [1.54, 1.807) is 12.1 Å². The Balaban J connectivity index is 2.48. The van der Waals surface area contributed by atoms with Crippen molar-refractivity contribution in [1.29, 1.82) is 0 Å². The zero-order valence-corrected chi connectivity index (χ0v) is 9.93. The van der Waals surface area contributed by atoms with E-state index in [0.29, 0.717) is 17.5 Å². The average Bonchev–Trinajstić information content (AvgIpc) is 2.35. The van der Waals surface area contributed by atoms with Crippen LogP contribution in [0.15, 0.2) is 33.5 Å². The molecule has 1 heterocycles. The molecule has 0 spiro atoms. The van der Waals surface area contributed by atoms with E-state index < -0.39 is 5.97 Å². The number of anilines is 1. The molecule has 5 nitrogen and oxygen atoms in total. The van der Waals surface area contributed by atoms with Gasteiger partial charge in [-0.25, -0.2) is 4.79 Å². The van der Waals surface area contributed by atoms with Crippen LogP contribution in [0.25, 0.3) is 11.0 Å². The molecule has 18 heavy (non-hydrogen) atoms. The van der Waals surface area contributed by atoms with Gasteiger partial charge in [-0.2, -0.15) is 0 Å². The maximum Gasteiger partial charge on any atom is 0.374 e. The topological polar surface area (TPSA) is 82.5 Å². The van der Waals surface area contributed by atoms with Crippen LogP contribution >= 0.6 is 0 Å². The molecule has 0 bridgehead atoms. The van der Waals surface area contributed by atoms with Crippen LogP contribution in [0.3, 0.4) is 0 Å². The fourth-order valence-corrected chi connectivity index (χ4v) is 1.54. The summed E-state index contributed by atoms with van der Waals surface area (Å²) in [7, 11) is 0. The highest BCUT2D eigenvalue weighted by Crippen LogP contribution is 2.16. The van der Waals surface area contributed by atoms with Gasteiger partial charge in [-0.3, -0.25) is 4.79 Å². The first-order valence-corrected chi connectivity index (χ1v) is 5.62. The largest absolute Gasteiger partial charge is 0.460 e. The second-order valence-corrected chi connectivity index (χ2v) is 3.87. The molecule has 0 atom stereocenters. The molecule has 0 aliphatic heterocycles. The van der Waals surface area contributed by atoms with Gasteiger partial charge in [0.2, 0.25) is 5.76 Å². The highest BCUT2D eigenvalue weighted by Gasteiger charge is 2.13. The third-order valence-corrected chi connectivity index (χ3v) is 2.39. The fourth-order valence-electron chi connectivity index (χ4n) is 1.54. The van der Waals surface area contributed by atoms with E-state index in [0.717, 1.165) is 6.07 Å². The number of rotatable bonds is 3. The molecule has 2 N–H and O–H groups in total. The van der Waals surface area contributed by atoms with E-state index in [1.807, 2.05) is 6.92 Å². The quantitative estimate of drug-likeness (QED) is 0.662. The number of nitrogen functional groups attached to an aromatic ring is 1. The Bertz CT molecular complexity index is 645. The van der Waals surface area contributed by atoms with Crippen molar-refractivity contribution in [2.24, 2.45) is 0 Å². The van der Waals surface area contributed by atoms with Crippen molar-refractivity contribution in [2.75, 3.05) is 12.3 Å². The maximum absolute atomic E-state index is 11.8. The smallest absolute Gasteiger partial charge is 0.374 e. The molecular weight excluding hydrogens is 234 g/mol. The van der Waals surface area contributed by atoms with Gasteiger partial charge in [0.05, 0.1) is 12.0 Å². The Morgan fingerprint density at radius 3 is 2.89 bits per heavy atom. The van der Waals surface area contributed by atoms with Gasteiger partial charge in [-0.1, -0.05) is 6.92 Å². The summed E-state index contributed by atoms with van der Waals surface area (Å²) >= 11 is 0. The second-order valence-electron chi connectivity index (χ2n) is 3.87. The molecule has 0 aliphatic rings. The van der Waals surface area contributed by atoms with Crippen molar-refractivity contribution in [1.82, 2.24) is 0 Å². The molecule has 0 radical (unpaired) electrons. The first kappa shape index (κ1) is 12.2. The van der Waals surface area contributed by atoms with Crippen molar-refractivity contribution in [3.63, 3.8) is 0 Å². The summed E-state index contributed by atoms with van der Waals surface area (Å²) in [5.41, 5.74) is 6.06. The predicted molar refractivity (Wildman–Crippen MR) is 67.5 cm³/mol. The highest BCUT2D eigenvalue weighted by atomic mass is 16.5. The Hall–Kier alpha value is -2.30. The van der Waals surface area contributed by atoms with E-state index in [1.165, 1.54) is 6.07 Å². The van der Waals surface area contributed by atoms with Gasteiger partial charge in [0.15, 0.2) is 5.43 Å². The Kier molecular flexibility index (Phi) is 3.32. The molecule has 94 valence electrons. The van der Waals surface area contributed by atoms with Crippen LogP contribution in [0.1, 0.15) is 23.9 Å². The van der Waals surface area contributed by atoms with E-state index in [9.17, 15) is 9.59 Å². The van der Waals surface area contributed by atoms with Crippen LogP contribution in [0.4, 0.5) is 5.69 Å². The van der Waals surface area contributed by atoms with Crippen molar-refractivity contribution >= 4 is 22.6 Å². The third kappa shape index (κ3) is 2.34. The minimum atomic E-state index is -0.640. The van der Waals surface area contributed by atoms with E-state index in [4.69, 9.17) is 14.9 Å². The van der Waals surface area contributed by atoms with Crippen molar-refractivity contribution in [2.45, 2.75) is 13.3 Å². The van der Waals surface area contributed by atoms with Crippen LogP contribution in [0, 0.1) is 0 Å². The molecule has 1 aromatic heterocycles. The van der Waals surface area contributed by atoms with Gasteiger partial charge >= 0.3 is 5.97 Å². The summed E-state index contributed by atoms with van der Waals surface area (Å²) < 4.78 is 10.2. The predicted octanol–water partition coefficient (Wildman–Crippen LogP) is 1.94. The number of carbonyl (C=O) groups excluding carboxylic acids is 1. The molecule has 0 amide bonds. The van der Waals surface area contributed by atoms with Crippen LogP contribution in [-0.2, 0) is 4.74 Å². The first-order valence-electron chi connectivity index (χ1n) is 5.62. The Morgan fingerprint density at radius 1 is 1.39 bits per heavy atom. The summed E-state index contributed by atoms with van der Waals surface area (Å²) in [6.07, 6.45) is 0.705. The normalized spacial score (nSPS) is 10.5. The molecule has 2 rings (SSSR count). The van der Waals surface area contributed by atoms with Gasteiger partial charge in [0, 0.05) is 17.8 Å². The lowest BCUT2D eigenvalue weighted by Crippen LogP contribution is -2.10. The Morgan fingerprint density at radius 2 is 2.17 bits per heavy atom.